The van der Waals surface area contributed by atoms with Gasteiger partial charge in [-0.1, -0.05) is 25.1 Å². The highest BCUT2D eigenvalue weighted by Crippen LogP contribution is 2.17. The monoisotopic (exact) mass is 311 g/mol. The zero-order valence-electron chi connectivity index (χ0n) is 12.9. The number of aromatic nitrogens is 1. The summed E-state index contributed by atoms with van der Waals surface area (Å²) in [6, 6.07) is 9.98. The molecule has 0 saturated heterocycles. The normalized spacial score (nSPS) is 12.9. The van der Waals surface area contributed by atoms with E-state index in [1.54, 1.807) is 25.3 Å². The highest BCUT2D eigenvalue weighted by Gasteiger charge is 2.28. The number of hydrogen-bond acceptors (Lipinski definition) is 5. The van der Waals surface area contributed by atoms with E-state index in [4.69, 9.17) is 10.00 Å². The Morgan fingerprint density at radius 2 is 2.09 bits per heavy atom. The van der Waals surface area contributed by atoms with Crippen molar-refractivity contribution in [3.8, 4) is 6.07 Å². The molecule has 0 aliphatic carbocycles. The Bertz CT molecular complexity index is 762. The lowest BCUT2D eigenvalue weighted by atomic mass is 9.98. The molecule has 2 atom stereocenters. The second-order valence-electron chi connectivity index (χ2n) is 5.19. The van der Waals surface area contributed by atoms with Crippen LogP contribution in [0.2, 0.25) is 0 Å². The lowest BCUT2D eigenvalue weighted by molar-refractivity contribution is -0.144. The molecule has 1 heterocycles. The van der Waals surface area contributed by atoms with Crippen LogP contribution >= 0.6 is 0 Å². The van der Waals surface area contributed by atoms with E-state index in [0.717, 1.165) is 0 Å². The Labute approximate surface area is 134 Å². The van der Waals surface area contributed by atoms with Crippen LogP contribution in [0.25, 0.3) is 10.9 Å². The van der Waals surface area contributed by atoms with Crippen LogP contribution in [-0.2, 0) is 9.53 Å². The van der Waals surface area contributed by atoms with Crippen LogP contribution in [0.4, 0.5) is 0 Å². The number of nitriles is 1. The number of carbonyl (C=O) groups is 2. The number of nitrogens with zero attached hydrogens (tertiary/aromatic N) is 2. The number of amides is 1. The SMILES string of the molecule is COC(=O)[C@@H](NC(=O)c1ccnc2ccccc12)[C@@H](C)CC#N. The molecule has 23 heavy (non-hydrogen) atoms. The van der Waals surface area contributed by atoms with E-state index in [1.807, 2.05) is 24.3 Å². The maximum atomic E-state index is 12.6. The first-order valence-corrected chi connectivity index (χ1v) is 7.18. The first-order valence-electron chi connectivity index (χ1n) is 7.18. The van der Waals surface area contributed by atoms with Crippen molar-refractivity contribution < 1.29 is 14.3 Å². The molecular formula is C17H17N3O3. The summed E-state index contributed by atoms with van der Waals surface area (Å²) in [5.74, 6) is -1.33. The zero-order valence-corrected chi connectivity index (χ0v) is 12.9. The number of pyridine rings is 1. The average molecular weight is 311 g/mol. The smallest absolute Gasteiger partial charge is 0.328 e. The minimum atomic E-state index is -0.876. The number of carbonyl (C=O) groups excluding carboxylic acids is 2. The fourth-order valence-electron chi connectivity index (χ4n) is 2.34. The minimum Gasteiger partial charge on any atom is -0.467 e. The van der Waals surface area contributed by atoms with Crippen molar-refractivity contribution in [3.63, 3.8) is 0 Å². The van der Waals surface area contributed by atoms with Crippen LogP contribution in [0.1, 0.15) is 23.7 Å². The Morgan fingerprint density at radius 3 is 2.78 bits per heavy atom. The van der Waals surface area contributed by atoms with Gasteiger partial charge < -0.3 is 10.1 Å². The molecule has 2 aromatic rings. The third-order valence-electron chi connectivity index (χ3n) is 3.62. The van der Waals surface area contributed by atoms with Gasteiger partial charge in [0.05, 0.1) is 24.3 Å². The summed E-state index contributed by atoms with van der Waals surface area (Å²) in [5, 5.41) is 12.2. The number of methoxy groups -OCH3 is 1. The number of fused-ring (bicyclic) bond motifs is 1. The summed E-state index contributed by atoms with van der Waals surface area (Å²) in [6.07, 6.45) is 1.68. The van der Waals surface area contributed by atoms with Gasteiger partial charge in [0, 0.05) is 23.9 Å². The highest BCUT2D eigenvalue weighted by molar-refractivity contribution is 6.07. The van der Waals surface area contributed by atoms with Crippen LogP contribution in [0.3, 0.4) is 0 Å². The number of benzene rings is 1. The molecule has 0 unspecified atom stereocenters. The van der Waals surface area contributed by atoms with Crippen LogP contribution in [0.15, 0.2) is 36.5 Å². The van der Waals surface area contributed by atoms with E-state index in [1.165, 1.54) is 7.11 Å². The molecule has 0 bridgehead atoms. The van der Waals surface area contributed by atoms with Crippen molar-refractivity contribution in [1.29, 1.82) is 5.26 Å². The molecule has 0 radical (unpaired) electrons. The van der Waals surface area contributed by atoms with Crippen molar-refractivity contribution >= 4 is 22.8 Å². The van der Waals surface area contributed by atoms with Crippen LogP contribution in [0, 0.1) is 17.2 Å². The maximum absolute atomic E-state index is 12.6. The third kappa shape index (κ3) is 3.64. The zero-order chi connectivity index (χ0) is 16.8. The molecule has 0 saturated carbocycles. The van der Waals surface area contributed by atoms with Gasteiger partial charge in [-0.3, -0.25) is 9.78 Å². The molecule has 0 fully saturated rings. The van der Waals surface area contributed by atoms with Gasteiger partial charge in [-0.25, -0.2) is 4.79 Å². The summed E-state index contributed by atoms with van der Waals surface area (Å²) >= 11 is 0. The Kier molecular flexibility index (Phi) is 5.26. The molecule has 0 spiro atoms. The number of rotatable bonds is 5. The van der Waals surface area contributed by atoms with Gasteiger partial charge in [-0.05, 0) is 12.1 Å². The van der Waals surface area contributed by atoms with Crippen molar-refractivity contribution in [3.05, 3.63) is 42.1 Å². The second kappa shape index (κ2) is 7.36. The summed E-state index contributed by atoms with van der Waals surface area (Å²) < 4.78 is 4.73. The molecule has 1 N–H and O–H groups in total. The van der Waals surface area contributed by atoms with Gasteiger partial charge in [-0.2, -0.15) is 5.26 Å². The number of esters is 1. The van der Waals surface area contributed by atoms with E-state index in [2.05, 4.69) is 10.3 Å². The van der Waals surface area contributed by atoms with Crippen molar-refractivity contribution in [2.45, 2.75) is 19.4 Å². The molecule has 1 aromatic heterocycles. The quantitative estimate of drug-likeness (QED) is 0.853. The van der Waals surface area contributed by atoms with Gasteiger partial charge >= 0.3 is 5.97 Å². The summed E-state index contributed by atoms with van der Waals surface area (Å²) in [4.78, 5) is 28.7. The van der Waals surface area contributed by atoms with Crippen LogP contribution < -0.4 is 5.32 Å². The first kappa shape index (κ1) is 16.4. The van der Waals surface area contributed by atoms with E-state index in [-0.39, 0.29) is 12.3 Å². The number of para-hydroxylation sites is 1. The lowest BCUT2D eigenvalue weighted by Gasteiger charge is -2.21. The van der Waals surface area contributed by atoms with Crippen molar-refractivity contribution in [2.24, 2.45) is 5.92 Å². The fourth-order valence-corrected chi connectivity index (χ4v) is 2.34. The molecular weight excluding hydrogens is 294 g/mol. The lowest BCUT2D eigenvalue weighted by Crippen LogP contribution is -2.45. The van der Waals surface area contributed by atoms with E-state index >= 15 is 0 Å². The van der Waals surface area contributed by atoms with Gasteiger partial charge in [0.15, 0.2) is 0 Å². The fraction of sp³-hybridized carbons (Fsp3) is 0.294. The molecule has 0 aliphatic rings. The van der Waals surface area contributed by atoms with Gasteiger partial charge in [-0.15, -0.1) is 0 Å². The minimum absolute atomic E-state index is 0.136. The number of ether oxygens (including phenoxy) is 1. The van der Waals surface area contributed by atoms with Crippen LogP contribution in [-0.4, -0.2) is 30.0 Å². The van der Waals surface area contributed by atoms with Crippen molar-refractivity contribution in [1.82, 2.24) is 10.3 Å². The molecule has 6 nitrogen and oxygen atoms in total. The molecule has 2 rings (SSSR count). The van der Waals surface area contributed by atoms with E-state index < -0.39 is 17.9 Å². The molecule has 118 valence electrons. The maximum Gasteiger partial charge on any atom is 0.328 e. The predicted octanol–water partition coefficient (Wildman–Crippen LogP) is 2.06. The predicted molar refractivity (Wildman–Crippen MR) is 84.4 cm³/mol. The Morgan fingerprint density at radius 1 is 1.35 bits per heavy atom. The Hall–Kier alpha value is -2.94. The molecule has 1 aromatic carbocycles. The average Bonchev–Trinajstić information content (AvgIpc) is 2.58. The summed E-state index contributed by atoms with van der Waals surface area (Å²) in [7, 11) is 1.25. The number of nitrogens with one attached hydrogen (secondary N) is 1. The molecule has 1 amide bonds. The van der Waals surface area contributed by atoms with Gasteiger partial charge in [0.25, 0.3) is 5.91 Å². The summed E-state index contributed by atoms with van der Waals surface area (Å²) in [5.41, 5.74) is 1.12. The van der Waals surface area contributed by atoms with Gasteiger partial charge in [0.1, 0.15) is 6.04 Å². The Balaban J connectivity index is 2.31. The van der Waals surface area contributed by atoms with Crippen LogP contribution in [0.5, 0.6) is 0 Å². The summed E-state index contributed by atoms with van der Waals surface area (Å²) in [6.45, 7) is 1.72. The highest BCUT2D eigenvalue weighted by atomic mass is 16.5. The first-order chi connectivity index (χ1) is 11.1. The molecule has 0 aliphatic heterocycles. The molecule has 6 heteroatoms. The standard InChI is InChI=1S/C17H17N3O3/c1-11(7-9-18)15(17(22)23-2)20-16(21)13-8-10-19-14-6-4-3-5-12(13)14/h3-6,8,10-11,15H,7H2,1-2H3,(H,20,21)/t11-,15-/m0/s1. The van der Waals surface area contributed by atoms with Gasteiger partial charge in [0.2, 0.25) is 0 Å². The second-order valence-corrected chi connectivity index (χ2v) is 5.19. The van der Waals surface area contributed by atoms with E-state index in [9.17, 15) is 9.59 Å². The largest absolute Gasteiger partial charge is 0.467 e. The topological polar surface area (TPSA) is 92.1 Å². The van der Waals surface area contributed by atoms with Crippen molar-refractivity contribution in [2.75, 3.05) is 7.11 Å². The van der Waals surface area contributed by atoms with E-state index in [0.29, 0.717) is 16.5 Å². The number of hydrogen-bond donors (Lipinski definition) is 1. The third-order valence-corrected chi connectivity index (χ3v) is 3.62.